The number of nitrogens with two attached hydrogens (primary N) is 1. The molecule has 7 aromatic carbocycles. The maximum Gasteiger partial charge on any atom is 0.136 e. The molecule has 2 N–H and O–H groups in total. The first-order valence-corrected chi connectivity index (χ1v) is 16.8. The van der Waals surface area contributed by atoms with Crippen molar-refractivity contribution in [3.8, 4) is 22.3 Å². The lowest BCUT2D eigenvalue weighted by molar-refractivity contribution is 0.668. The summed E-state index contributed by atoms with van der Waals surface area (Å²) in [6.07, 6.45) is 2.86. The Balaban J connectivity index is 1.04. The minimum absolute atomic E-state index is 0.480. The van der Waals surface area contributed by atoms with Gasteiger partial charge in [-0.2, -0.15) is 0 Å². The smallest absolute Gasteiger partial charge is 0.136 e. The molecule has 238 valence electrons. The standard InChI is InChI=1S/C46H32N2O2/c47-46(34-9-2-1-3-10-34)48-40(33-24-22-32(23-25-33)36-13-8-16-44-45(36)38-12-5-7-15-42(38)50-44)27-19-30-17-20-31(21-18-30)35-26-28-43-39(29-35)37-11-4-6-14-41(37)49-43/h1-18,20-29H,19H2,(H2,47,48)/b40-27-. The maximum atomic E-state index is 6.57. The molecule has 0 saturated heterocycles. The van der Waals surface area contributed by atoms with Gasteiger partial charge < -0.3 is 14.6 Å². The first-order chi connectivity index (χ1) is 24.7. The Morgan fingerprint density at radius 2 is 1.12 bits per heavy atom. The van der Waals surface area contributed by atoms with Crippen LogP contribution in [-0.2, 0) is 6.42 Å². The summed E-state index contributed by atoms with van der Waals surface area (Å²) < 4.78 is 12.2. The summed E-state index contributed by atoms with van der Waals surface area (Å²) in [5.74, 6) is 0.480. The Labute approximate surface area is 289 Å². The van der Waals surface area contributed by atoms with Gasteiger partial charge in [0.15, 0.2) is 0 Å². The van der Waals surface area contributed by atoms with Gasteiger partial charge in [0, 0.05) is 27.1 Å². The SMILES string of the molecule is NC(=N/C(=C\Cc1ccc(-c2ccc3oc4ccccc4c3c2)cc1)c1ccc(-c2cccc3oc4ccccc4c23)cc1)c1ccccc1. The second-order valence-electron chi connectivity index (χ2n) is 12.5. The number of benzene rings is 7. The van der Waals surface area contributed by atoms with Gasteiger partial charge in [-0.1, -0.05) is 140 Å². The van der Waals surface area contributed by atoms with E-state index in [2.05, 4.69) is 103 Å². The van der Waals surface area contributed by atoms with Gasteiger partial charge in [-0.05, 0) is 70.1 Å². The highest BCUT2D eigenvalue weighted by Crippen LogP contribution is 2.37. The second kappa shape index (κ2) is 12.4. The van der Waals surface area contributed by atoms with Crippen molar-refractivity contribution in [1.29, 1.82) is 0 Å². The third-order valence-corrected chi connectivity index (χ3v) is 9.40. The predicted octanol–water partition coefficient (Wildman–Crippen LogP) is 11.8. The summed E-state index contributed by atoms with van der Waals surface area (Å²) in [4.78, 5) is 4.96. The minimum Gasteiger partial charge on any atom is -0.456 e. The van der Waals surface area contributed by atoms with Crippen molar-refractivity contribution in [3.63, 3.8) is 0 Å². The van der Waals surface area contributed by atoms with E-state index in [0.717, 1.165) is 83.0 Å². The average Bonchev–Trinajstić information content (AvgIpc) is 3.75. The molecule has 4 nitrogen and oxygen atoms in total. The molecule has 2 heterocycles. The molecular weight excluding hydrogens is 613 g/mol. The van der Waals surface area contributed by atoms with Crippen LogP contribution in [-0.4, -0.2) is 5.84 Å². The van der Waals surface area contributed by atoms with Crippen LogP contribution in [0.25, 0.3) is 71.8 Å². The summed E-state index contributed by atoms with van der Waals surface area (Å²) in [5, 5.41) is 4.50. The fraction of sp³-hybridized carbons (Fsp3) is 0.0217. The third kappa shape index (κ3) is 5.43. The molecule has 0 aliphatic carbocycles. The van der Waals surface area contributed by atoms with E-state index in [4.69, 9.17) is 19.6 Å². The number of aliphatic imine (C=N–C) groups is 1. The molecular formula is C46H32N2O2. The molecule has 0 atom stereocenters. The lowest BCUT2D eigenvalue weighted by atomic mass is 9.97. The van der Waals surface area contributed by atoms with Crippen LogP contribution in [0.5, 0.6) is 0 Å². The quantitative estimate of drug-likeness (QED) is 0.139. The number of rotatable bonds is 7. The normalized spacial score (nSPS) is 12.4. The van der Waals surface area contributed by atoms with E-state index in [0.29, 0.717) is 12.3 Å². The fourth-order valence-corrected chi connectivity index (χ4v) is 6.82. The van der Waals surface area contributed by atoms with Crippen LogP contribution >= 0.6 is 0 Å². The number of fused-ring (bicyclic) bond motifs is 6. The molecule has 9 rings (SSSR count). The molecule has 0 radical (unpaired) electrons. The van der Waals surface area contributed by atoms with Gasteiger partial charge in [0.2, 0.25) is 0 Å². The molecule has 0 fully saturated rings. The molecule has 0 spiro atoms. The number of hydrogen-bond donors (Lipinski definition) is 1. The highest BCUT2D eigenvalue weighted by Gasteiger charge is 2.13. The molecule has 0 unspecified atom stereocenters. The van der Waals surface area contributed by atoms with Crippen LogP contribution in [0.2, 0.25) is 0 Å². The van der Waals surface area contributed by atoms with E-state index in [1.54, 1.807) is 0 Å². The van der Waals surface area contributed by atoms with E-state index < -0.39 is 0 Å². The zero-order valence-electron chi connectivity index (χ0n) is 27.2. The Hall–Kier alpha value is -6.65. The fourth-order valence-electron chi connectivity index (χ4n) is 6.82. The molecule has 0 bridgehead atoms. The van der Waals surface area contributed by atoms with Crippen molar-refractivity contribution >= 4 is 55.4 Å². The lowest BCUT2D eigenvalue weighted by Gasteiger charge is -2.09. The summed E-state index contributed by atoms with van der Waals surface area (Å²) in [7, 11) is 0. The van der Waals surface area contributed by atoms with Crippen molar-refractivity contribution in [2.75, 3.05) is 0 Å². The van der Waals surface area contributed by atoms with E-state index in [-0.39, 0.29) is 0 Å². The van der Waals surface area contributed by atoms with Gasteiger partial charge in [-0.3, -0.25) is 0 Å². The molecule has 2 aromatic heterocycles. The summed E-state index contributed by atoms with van der Waals surface area (Å²) >= 11 is 0. The van der Waals surface area contributed by atoms with Crippen LogP contribution in [0, 0.1) is 0 Å². The van der Waals surface area contributed by atoms with E-state index in [9.17, 15) is 0 Å². The molecule has 0 amide bonds. The predicted molar refractivity (Wildman–Crippen MR) is 207 cm³/mol. The Morgan fingerprint density at radius 1 is 0.500 bits per heavy atom. The van der Waals surface area contributed by atoms with Crippen molar-refractivity contribution < 1.29 is 8.83 Å². The van der Waals surface area contributed by atoms with Crippen LogP contribution in [0.15, 0.2) is 184 Å². The van der Waals surface area contributed by atoms with E-state index in [1.807, 2.05) is 66.7 Å². The van der Waals surface area contributed by atoms with Gasteiger partial charge in [-0.25, -0.2) is 4.99 Å². The summed E-state index contributed by atoms with van der Waals surface area (Å²) in [5.41, 5.74) is 18.6. The number of para-hydroxylation sites is 2. The van der Waals surface area contributed by atoms with E-state index in [1.165, 1.54) is 5.56 Å². The Morgan fingerprint density at radius 3 is 1.92 bits per heavy atom. The topological polar surface area (TPSA) is 64.7 Å². The highest BCUT2D eigenvalue weighted by atomic mass is 16.3. The highest BCUT2D eigenvalue weighted by molar-refractivity contribution is 6.12. The average molecular weight is 645 g/mol. The molecule has 4 heteroatoms. The van der Waals surface area contributed by atoms with Crippen molar-refractivity contribution in [2.24, 2.45) is 10.7 Å². The van der Waals surface area contributed by atoms with Gasteiger partial charge >= 0.3 is 0 Å². The molecule has 9 aromatic rings. The van der Waals surface area contributed by atoms with Gasteiger partial charge in [0.25, 0.3) is 0 Å². The van der Waals surface area contributed by atoms with Crippen LogP contribution in [0.4, 0.5) is 0 Å². The molecule has 0 saturated carbocycles. The van der Waals surface area contributed by atoms with Crippen molar-refractivity contribution in [3.05, 3.63) is 187 Å². The second-order valence-corrected chi connectivity index (χ2v) is 12.5. The van der Waals surface area contributed by atoms with E-state index >= 15 is 0 Å². The summed E-state index contributed by atoms with van der Waals surface area (Å²) in [6, 6.07) is 56.2. The maximum absolute atomic E-state index is 6.57. The minimum atomic E-state index is 0.480. The summed E-state index contributed by atoms with van der Waals surface area (Å²) in [6.45, 7) is 0. The lowest BCUT2D eigenvalue weighted by Crippen LogP contribution is -2.13. The van der Waals surface area contributed by atoms with Gasteiger partial charge in [-0.15, -0.1) is 0 Å². The van der Waals surface area contributed by atoms with Crippen LogP contribution in [0.3, 0.4) is 0 Å². The van der Waals surface area contributed by atoms with Crippen LogP contribution in [0.1, 0.15) is 16.7 Å². The largest absolute Gasteiger partial charge is 0.456 e. The first-order valence-electron chi connectivity index (χ1n) is 16.8. The van der Waals surface area contributed by atoms with Crippen LogP contribution < -0.4 is 5.73 Å². The van der Waals surface area contributed by atoms with Gasteiger partial charge in [0.05, 0.1) is 5.70 Å². The third-order valence-electron chi connectivity index (χ3n) is 9.40. The Bertz CT molecular complexity index is 2710. The van der Waals surface area contributed by atoms with Crippen molar-refractivity contribution in [2.45, 2.75) is 6.42 Å². The number of furan rings is 2. The monoisotopic (exact) mass is 644 g/mol. The number of nitrogens with zero attached hydrogens (tertiary/aromatic N) is 1. The number of allylic oxidation sites excluding steroid dienone is 1. The molecule has 0 aliphatic heterocycles. The molecule has 50 heavy (non-hydrogen) atoms. The number of amidine groups is 1. The van der Waals surface area contributed by atoms with Gasteiger partial charge in [0.1, 0.15) is 28.2 Å². The Kier molecular flexibility index (Phi) is 7.33. The zero-order valence-corrected chi connectivity index (χ0v) is 27.2. The first kappa shape index (κ1) is 29.5. The van der Waals surface area contributed by atoms with Crippen molar-refractivity contribution in [1.82, 2.24) is 0 Å². The molecule has 0 aliphatic rings. The number of hydrogen-bond acceptors (Lipinski definition) is 3. The zero-order chi connectivity index (χ0) is 33.4.